The van der Waals surface area contributed by atoms with Crippen LogP contribution < -0.4 is 0 Å². The summed E-state index contributed by atoms with van der Waals surface area (Å²) < 4.78 is 0. The van der Waals surface area contributed by atoms with Gasteiger partial charge in [-0.1, -0.05) is 25.5 Å². The highest BCUT2D eigenvalue weighted by molar-refractivity contribution is 6.01. The van der Waals surface area contributed by atoms with Crippen LogP contribution in [0.1, 0.15) is 59.3 Å². The second-order valence-electron chi connectivity index (χ2n) is 9.63. The second-order valence-corrected chi connectivity index (χ2v) is 9.63. The number of fused-ring (bicyclic) bond motifs is 5. The number of aliphatic hydroxyl groups excluding tert-OH is 1. The van der Waals surface area contributed by atoms with Gasteiger partial charge in [-0.3, -0.25) is 4.79 Å². The monoisotopic (exact) mass is 344 g/mol. The molecule has 7 atom stereocenters. The average molecular weight is 344 g/mol. The summed E-state index contributed by atoms with van der Waals surface area (Å²) in [5, 5.41) is 21.6. The van der Waals surface area contributed by atoms with E-state index < -0.39 is 11.0 Å². The molecule has 4 aliphatic carbocycles. The summed E-state index contributed by atoms with van der Waals surface area (Å²) in [4.78, 5) is 11.8. The second kappa shape index (κ2) is 5.53. The highest BCUT2D eigenvalue weighted by atomic mass is 16.3. The Kier molecular flexibility index (Phi) is 3.87. The van der Waals surface area contributed by atoms with Crippen LogP contribution in [0, 0.1) is 34.5 Å². The third kappa shape index (κ3) is 2.15. The topological polar surface area (TPSA) is 57.5 Å². The number of aliphatic hydroxyl groups is 2. The Bertz CT molecular complexity index is 650. The normalized spacial score (nSPS) is 49.9. The predicted octanol–water partition coefficient (Wildman–Crippen LogP) is 3.65. The van der Waals surface area contributed by atoms with Crippen LogP contribution in [0.2, 0.25) is 0 Å². The first-order valence-electron chi connectivity index (χ1n) is 10.0. The summed E-state index contributed by atoms with van der Waals surface area (Å²) in [5.41, 5.74) is 0.215. The van der Waals surface area contributed by atoms with E-state index in [1.165, 1.54) is 6.42 Å². The minimum absolute atomic E-state index is 0.0628. The van der Waals surface area contributed by atoms with Crippen LogP contribution in [0.15, 0.2) is 23.8 Å². The molecule has 3 nitrogen and oxygen atoms in total. The molecule has 0 aromatic heterocycles. The summed E-state index contributed by atoms with van der Waals surface area (Å²) in [6, 6.07) is 0. The van der Waals surface area contributed by atoms with Crippen LogP contribution in [0.4, 0.5) is 0 Å². The van der Waals surface area contributed by atoms with Gasteiger partial charge in [-0.25, -0.2) is 0 Å². The first-order valence-corrected chi connectivity index (χ1v) is 10.0. The third-order valence-corrected chi connectivity index (χ3v) is 8.79. The predicted molar refractivity (Wildman–Crippen MR) is 97.8 cm³/mol. The van der Waals surface area contributed by atoms with Crippen molar-refractivity contribution in [2.75, 3.05) is 6.61 Å². The van der Waals surface area contributed by atoms with E-state index in [4.69, 9.17) is 0 Å². The quantitative estimate of drug-likeness (QED) is 0.804. The van der Waals surface area contributed by atoms with Gasteiger partial charge < -0.3 is 10.2 Å². The highest BCUT2D eigenvalue weighted by Crippen LogP contribution is 2.68. The minimum atomic E-state index is -0.740. The summed E-state index contributed by atoms with van der Waals surface area (Å²) in [5.74, 6) is 1.77. The molecule has 0 saturated heterocycles. The van der Waals surface area contributed by atoms with Crippen molar-refractivity contribution in [1.82, 2.24) is 0 Å². The Balaban J connectivity index is 1.71. The molecule has 138 valence electrons. The van der Waals surface area contributed by atoms with Gasteiger partial charge in [0.1, 0.15) is 0 Å². The van der Waals surface area contributed by atoms with Crippen molar-refractivity contribution in [3.05, 3.63) is 23.8 Å². The van der Waals surface area contributed by atoms with Crippen molar-refractivity contribution in [3.63, 3.8) is 0 Å². The molecule has 0 amide bonds. The van der Waals surface area contributed by atoms with Crippen molar-refractivity contribution < 1.29 is 15.0 Å². The largest absolute Gasteiger partial charge is 0.396 e. The van der Waals surface area contributed by atoms with Crippen LogP contribution in [0.25, 0.3) is 0 Å². The summed E-state index contributed by atoms with van der Waals surface area (Å²) >= 11 is 0. The minimum Gasteiger partial charge on any atom is -0.396 e. The van der Waals surface area contributed by atoms with E-state index in [1.54, 1.807) is 12.2 Å². The molecular formula is C22H32O3. The lowest BCUT2D eigenvalue weighted by Crippen LogP contribution is -2.62. The number of rotatable bonds is 2. The van der Waals surface area contributed by atoms with Crippen molar-refractivity contribution in [1.29, 1.82) is 0 Å². The molecular weight excluding hydrogens is 312 g/mol. The fourth-order valence-corrected chi connectivity index (χ4v) is 7.24. The fourth-order valence-electron chi connectivity index (χ4n) is 7.24. The van der Waals surface area contributed by atoms with E-state index in [1.807, 2.05) is 6.08 Å². The molecule has 3 heteroatoms. The molecule has 0 radical (unpaired) electrons. The Morgan fingerprint density at radius 2 is 1.96 bits per heavy atom. The highest BCUT2D eigenvalue weighted by Gasteiger charge is 2.65. The van der Waals surface area contributed by atoms with E-state index >= 15 is 0 Å². The van der Waals surface area contributed by atoms with Crippen LogP contribution in [-0.4, -0.2) is 28.2 Å². The van der Waals surface area contributed by atoms with Gasteiger partial charge in [0, 0.05) is 12.0 Å². The zero-order valence-corrected chi connectivity index (χ0v) is 15.8. The van der Waals surface area contributed by atoms with E-state index in [-0.39, 0.29) is 17.8 Å². The van der Waals surface area contributed by atoms with E-state index in [0.29, 0.717) is 23.7 Å². The maximum Gasteiger partial charge on any atom is 0.178 e. The Hall–Kier alpha value is -0.930. The lowest BCUT2D eigenvalue weighted by atomic mass is 9.45. The molecule has 0 aromatic carbocycles. The number of carbonyl (C=O) groups is 1. The standard InChI is InChI=1S/C22H32O3/c1-14(13-23)17-6-7-18-19-5-4-15-12-16(24)8-9-21(15,3)22(19,25)11-10-20(17,18)2/h8-9,12,14,17-19,23,25H,4-7,10-11,13H2,1-3H3/t14?,17-,18+,19+,20-,21+,22-/m1/s1. The van der Waals surface area contributed by atoms with Gasteiger partial charge in [-0.05, 0) is 86.7 Å². The molecule has 3 saturated carbocycles. The molecule has 0 spiro atoms. The van der Waals surface area contributed by atoms with Crippen LogP contribution >= 0.6 is 0 Å². The van der Waals surface area contributed by atoms with Gasteiger partial charge in [0.2, 0.25) is 0 Å². The van der Waals surface area contributed by atoms with Crippen molar-refractivity contribution in [2.24, 2.45) is 34.5 Å². The SMILES string of the molecule is CC(CO)[C@H]1CC[C@H]2[C@@H]3CCC4=CC(=O)C=C[C@]4(C)[C@@]3(O)CC[C@]12C. The smallest absolute Gasteiger partial charge is 0.178 e. The van der Waals surface area contributed by atoms with Gasteiger partial charge in [-0.2, -0.15) is 0 Å². The first kappa shape index (κ1) is 17.5. The lowest BCUT2D eigenvalue weighted by Gasteiger charge is -2.62. The molecule has 3 fully saturated rings. The lowest BCUT2D eigenvalue weighted by molar-refractivity contribution is -0.177. The van der Waals surface area contributed by atoms with E-state index in [2.05, 4.69) is 20.8 Å². The summed E-state index contributed by atoms with van der Waals surface area (Å²) in [6.45, 7) is 6.99. The number of ketones is 1. The maximum absolute atomic E-state index is 11.9. The van der Waals surface area contributed by atoms with Gasteiger partial charge in [0.25, 0.3) is 0 Å². The van der Waals surface area contributed by atoms with Gasteiger partial charge in [0.15, 0.2) is 5.78 Å². The molecule has 1 unspecified atom stereocenters. The molecule has 0 bridgehead atoms. The Morgan fingerprint density at radius 1 is 1.20 bits per heavy atom. The molecule has 0 heterocycles. The number of hydrogen-bond donors (Lipinski definition) is 2. The number of allylic oxidation sites excluding steroid dienone is 2. The summed E-state index contributed by atoms with van der Waals surface area (Å²) in [7, 11) is 0. The molecule has 4 rings (SSSR count). The molecule has 0 aromatic rings. The van der Waals surface area contributed by atoms with E-state index in [9.17, 15) is 15.0 Å². The number of hydrogen-bond acceptors (Lipinski definition) is 3. The molecule has 4 aliphatic rings. The first-order chi connectivity index (χ1) is 11.8. The zero-order chi connectivity index (χ0) is 18.0. The third-order valence-electron chi connectivity index (χ3n) is 8.79. The van der Waals surface area contributed by atoms with Gasteiger partial charge >= 0.3 is 0 Å². The molecule has 2 N–H and O–H groups in total. The van der Waals surface area contributed by atoms with Crippen molar-refractivity contribution in [2.45, 2.75) is 64.9 Å². The zero-order valence-electron chi connectivity index (χ0n) is 15.8. The summed E-state index contributed by atoms with van der Waals surface area (Å²) in [6.07, 6.45) is 11.5. The molecule has 25 heavy (non-hydrogen) atoms. The number of carbonyl (C=O) groups excluding carboxylic acids is 1. The van der Waals surface area contributed by atoms with Crippen LogP contribution in [0.5, 0.6) is 0 Å². The maximum atomic E-state index is 11.9. The Morgan fingerprint density at radius 3 is 2.68 bits per heavy atom. The Labute approximate surface area is 151 Å². The van der Waals surface area contributed by atoms with Crippen LogP contribution in [0.3, 0.4) is 0 Å². The van der Waals surface area contributed by atoms with Crippen LogP contribution in [-0.2, 0) is 4.79 Å². The average Bonchev–Trinajstić information content (AvgIpc) is 2.93. The molecule has 0 aliphatic heterocycles. The van der Waals surface area contributed by atoms with Gasteiger partial charge in [-0.15, -0.1) is 0 Å². The van der Waals surface area contributed by atoms with Crippen molar-refractivity contribution in [3.8, 4) is 0 Å². The van der Waals surface area contributed by atoms with E-state index in [0.717, 1.165) is 37.7 Å². The fraction of sp³-hybridized carbons (Fsp3) is 0.773. The van der Waals surface area contributed by atoms with Crippen molar-refractivity contribution >= 4 is 5.78 Å². The van der Waals surface area contributed by atoms with Gasteiger partial charge in [0.05, 0.1) is 5.60 Å².